The first kappa shape index (κ1) is 15.7. The summed E-state index contributed by atoms with van der Waals surface area (Å²) >= 11 is 1.62. The molecule has 0 saturated carbocycles. The monoisotopic (exact) mass is 343 g/mol. The van der Waals surface area contributed by atoms with E-state index in [-0.39, 0.29) is 5.60 Å². The van der Waals surface area contributed by atoms with Crippen LogP contribution >= 0.6 is 11.3 Å². The SMILES string of the molecule is CCCc1nc2sc3c(OC)ncnc3c2c2c1COC(C)(C)C2. The Morgan fingerprint density at radius 3 is 2.88 bits per heavy atom. The van der Waals surface area contributed by atoms with Gasteiger partial charge in [-0.15, -0.1) is 11.3 Å². The molecule has 1 aliphatic rings. The van der Waals surface area contributed by atoms with Crippen molar-refractivity contribution in [1.29, 1.82) is 0 Å². The number of fused-ring (bicyclic) bond motifs is 5. The molecule has 0 radical (unpaired) electrons. The van der Waals surface area contributed by atoms with Crippen molar-refractivity contribution in [2.45, 2.75) is 52.2 Å². The molecular formula is C18H21N3O2S. The number of aryl methyl sites for hydroxylation is 1. The summed E-state index contributed by atoms with van der Waals surface area (Å²) in [5.41, 5.74) is 4.53. The summed E-state index contributed by atoms with van der Waals surface area (Å²) in [6.45, 7) is 7.10. The molecule has 0 saturated heterocycles. The average molecular weight is 343 g/mol. The Labute approximate surface area is 145 Å². The largest absolute Gasteiger partial charge is 0.480 e. The van der Waals surface area contributed by atoms with Crippen molar-refractivity contribution in [1.82, 2.24) is 15.0 Å². The Morgan fingerprint density at radius 1 is 1.29 bits per heavy atom. The maximum atomic E-state index is 6.07. The van der Waals surface area contributed by atoms with E-state index in [0.29, 0.717) is 12.5 Å². The van der Waals surface area contributed by atoms with Crippen LogP contribution in [0.25, 0.3) is 20.4 Å². The molecule has 0 atom stereocenters. The van der Waals surface area contributed by atoms with Gasteiger partial charge in [0, 0.05) is 23.1 Å². The topological polar surface area (TPSA) is 57.1 Å². The van der Waals surface area contributed by atoms with E-state index in [4.69, 9.17) is 14.5 Å². The van der Waals surface area contributed by atoms with Gasteiger partial charge in [0.25, 0.3) is 0 Å². The molecule has 0 aromatic carbocycles. The van der Waals surface area contributed by atoms with Gasteiger partial charge in [0.2, 0.25) is 5.88 Å². The third-order valence-corrected chi connectivity index (χ3v) is 5.62. The fraction of sp³-hybridized carbons (Fsp3) is 0.500. The molecule has 0 aliphatic carbocycles. The van der Waals surface area contributed by atoms with Gasteiger partial charge in [-0.25, -0.2) is 15.0 Å². The first-order valence-corrected chi connectivity index (χ1v) is 9.11. The number of pyridine rings is 1. The summed E-state index contributed by atoms with van der Waals surface area (Å²) in [5.74, 6) is 0.625. The highest BCUT2D eigenvalue weighted by atomic mass is 32.1. The summed E-state index contributed by atoms with van der Waals surface area (Å²) in [7, 11) is 1.65. The van der Waals surface area contributed by atoms with Crippen LogP contribution in [-0.4, -0.2) is 27.7 Å². The van der Waals surface area contributed by atoms with Crippen molar-refractivity contribution < 1.29 is 9.47 Å². The van der Waals surface area contributed by atoms with Gasteiger partial charge in [0.15, 0.2) is 0 Å². The smallest absolute Gasteiger partial charge is 0.234 e. The standard InChI is InChI=1S/C18H21N3O2S/c1-5-6-12-11-8-23-18(2,3)7-10(11)13-14-15(24-17(13)21-12)16(22-4)20-9-19-14/h9H,5-8H2,1-4H3. The molecule has 0 spiro atoms. The van der Waals surface area contributed by atoms with E-state index >= 15 is 0 Å². The van der Waals surface area contributed by atoms with E-state index in [9.17, 15) is 0 Å². The van der Waals surface area contributed by atoms with E-state index in [1.54, 1.807) is 24.8 Å². The third kappa shape index (κ3) is 2.36. The number of thiophene rings is 1. The lowest BCUT2D eigenvalue weighted by atomic mass is 9.88. The van der Waals surface area contributed by atoms with Gasteiger partial charge in [-0.1, -0.05) is 13.3 Å². The summed E-state index contributed by atoms with van der Waals surface area (Å²) < 4.78 is 12.5. The highest BCUT2D eigenvalue weighted by molar-refractivity contribution is 7.25. The van der Waals surface area contributed by atoms with Gasteiger partial charge in [-0.2, -0.15) is 0 Å². The number of aromatic nitrogens is 3. The molecule has 0 bridgehead atoms. The molecule has 0 N–H and O–H groups in total. The van der Waals surface area contributed by atoms with E-state index in [0.717, 1.165) is 45.4 Å². The van der Waals surface area contributed by atoms with Gasteiger partial charge in [-0.05, 0) is 25.8 Å². The lowest BCUT2D eigenvalue weighted by molar-refractivity contribution is -0.0401. The van der Waals surface area contributed by atoms with Crippen molar-refractivity contribution in [3.63, 3.8) is 0 Å². The van der Waals surface area contributed by atoms with Gasteiger partial charge in [0.05, 0.1) is 24.8 Å². The van der Waals surface area contributed by atoms with Crippen molar-refractivity contribution in [2.24, 2.45) is 0 Å². The fourth-order valence-corrected chi connectivity index (χ4v) is 4.59. The van der Waals surface area contributed by atoms with Crippen LogP contribution in [-0.2, 0) is 24.2 Å². The lowest BCUT2D eigenvalue weighted by Gasteiger charge is -2.33. The van der Waals surface area contributed by atoms with Crippen LogP contribution in [0, 0.1) is 0 Å². The highest BCUT2D eigenvalue weighted by Gasteiger charge is 2.31. The van der Waals surface area contributed by atoms with Crippen molar-refractivity contribution in [3.8, 4) is 5.88 Å². The molecule has 0 fully saturated rings. The molecule has 126 valence electrons. The quantitative estimate of drug-likeness (QED) is 0.718. The molecule has 0 amide bonds. The summed E-state index contributed by atoms with van der Waals surface area (Å²) in [6.07, 6.45) is 4.49. The van der Waals surface area contributed by atoms with Crippen LogP contribution in [0.15, 0.2) is 6.33 Å². The van der Waals surface area contributed by atoms with Crippen LogP contribution in [0.5, 0.6) is 5.88 Å². The second-order valence-electron chi connectivity index (χ2n) is 6.83. The predicted octanol–water partition coefficient (Wildman–Crippen LogP) is 4.05. The van der Waals surface area contributed by atoms with Gasteiger partial charge >= 0.3 is 0 Å². The van der Waals surface area contributed by atoms with E-state index < -0.39 is 0 Å². The van der Waals surface area contributed by atoms with Gasteiger partial charge in [-0.3, -0.25) is 0 Å². The molecule has 4 heterocycles. The first-order chi connectivity index (χ1) is 11.5. The number of ether oxygens (including phenoxy) is 2. The van der Waals surface area contributed by atoms with Crippen LogP contribution in [0.1, 0.15) is 44.0 Å². The zero-order valence-corrected chi connectivity index (χ0v) is 15.3. The molecule has 1 aliphatic heterocycles. The first-order valence-electron chi connectivity index (χ1n) is 8.30. The predicted molar refractivity (Wildman–Crippen MR) is 95.8 cm³/mol. The van der Waals surface area contributed by atoms with E-state index in [2.05, 4.69) is 30.7 Å². The number of hydrogen-bond donors (Lipinski definition) is 0. The number of hydrogen-bond acceptors (Lipinski definition) is 6. The molecular weight excluding hydrogens is 322 g/mol. The molecule has 3 aromatic rings. The minimum Gasteiger partial charge on any atom is -0.480 e. The zero-order valence-electron chi connectivity index (χ0n) is 14.5. The molecule has 24 heavy (non-hydrogen) atoms. The van der Waals surface area contributed by atoms with Crippen LogP contribution < -0.4 is 4.74 Å². The van der Waals surface area contributed by atoms with Crippen LogP contribution in [0.3, 0.4) is 0 Å². The van der Waals surface area contributed by atoms with E-state index in [1.165, 1.54) is 11.1 Å². The van der Waals surface area contributed by atoms with Crippen molar-refractivity contribution in [2.75, 3.05) is 7.11 Å². The molecule has 5 nitrogen and oxygen atoms in total. The summed E-state index contributed by atoms with van der Waals surface area (Å²) in [6, 6.07) is 0. The second kappa shape index (κ2) is 5.63. The lowest BCUT2D eigenvalue weighted by Crippen LogP contribution is -2.32. The normalized spacial score (nSPS) is 16.5. The number of rotatable bonds is 3. The van der Waals surface area contributed by atoms with Gasteiger partial charge < -0.3 is 9.47 Å². The Bertz CT molecular complexity index is 933. The number of methoxy groups -OCH3 is 1. The fourth-order valence-electron chi connectivity index (χ4n) is 3.44. The highest BCUT2D eigenvalue weighted by Crippen LogP contribution is 2.42. The van der Waals surface area contributed by atoms with Crippen molar-refractivity contribution >= 4 is 31.8 Å². The zero-order chi connectivity index (χ0) is 16.9. The maximum absolute atomic E-state index is 6.07. The summed E-state index contributed by atoms with van der Waals surface area (Å²) in [4.78, 5) is 14.8. The third-order valence-electron chi connectivity index (χ3n) is 4.56. The summed E-state index contributed by atoms with van der Waals surface area (Å²) in [5, 5.41) is 1.15. The minimum absolute atomic E-state index is 0.170. The van der Waals surface area contributed by atoms with Crippen LogP contribution in [0.2, 0.25) is 0 Å². The maximum Gasteiger partial charge on any atom is 0.234 e. The van der Waals surface area contributed by atoms with Crippen molar-refractivity contribution in [3.05, 3.63) is 23.1 Å². The Balaban J connectivity index is 2.09. The van der Waals surface area contributed by atoms with Crippen LogP contribution in [0.4, 0.5) is 0 Å². The second-order valence-corrected chi connectivity index (χ2v) is 7.83. The number of nitrogens with zero attached hydrogens (tertiary/aromatic N) is 3. The Hall–Kier alpha value is -1.79. The Kier molecular flexibility index (Phi) is 3.69. The van der Waals surface area contributed by atoms with Gasteiger partial charge in [0.1, 0.15) is 15.9 Å². The molecule has 0 unspecified atom stereocenters. The van der Waals surface area contributed by atoms with E-state index in [1.807, 2.05) is 0 Å². The average Bonchev–Trinajstić information content (AvgIpc) is 2.92. The molecule has 6 heteroatoms. The minimum atomic E-state index is -0.170. The molecule has 3 aromatic heterocycles. The Morgan fingerprint density at radius 2 is 2.12 bits per heavy atom. The molecule has 4 rings (SSSR count).